The molecular weight excluding hydrogens is 417 g/mol. The van der Waals surface area contributed by atoms with Crippen molar-refractivity contribution in [1.29, 1.82) is 0 Å². The molecule has 4 rings (SSSR count). The first kappa shape index (κ1) is 21.0. The molecule has 0 aliphatic rings. The molecule has 0 aliphatic heterocycles. The number of nitrogens with zero attached hydrogens (tertiary/aromatic N) is 3. The van der Waals surface area contributed by atoms with Crippen LogP contribution >= 0.6 is 0 Å². The van der Waals surface area contributed by atoms with Crippen LogP contribution in [0.4, 0.5) is 20.7 Å². The van der Waals surface area contributed by atoms with E-state index < -0.39 is 17.4 Å². The molecule has 1 aromatic carbocycles. The monoisotopic (exact) mass is 437 g/mol. The summed E-state index contributed by atoms with van der Waals surface area (Å²) in [4.78, 5) is 34.2. The van der Waals surface area contributed by atoms with Gasteiger partial charge >= 0.3 is 6.03 Å². The Balaban J connectivity index is 1.46. The third kappa shape index (κ3) is 4.56. The van der Waals surface area contributed by atoms with E-state index in [1.165, 1.54) is 18.3 Å². The number of amides is 2. The molecule has 3 heterocycles. The molecule has 0 aliphatic carbocycles. The number of carbonyl (C=O) groups is 1. The van der Waals surface area contributed by atoms with Gasteiger partial charge in [-0.3, -0.25) is 15.2 Å². The number of fused-ring (bicyclic) bond motifs is 1. The van der Waals surface area contributed by atoms with Gasteiger partial charge in [-0.05, 0) is 12.1 Å². The van der Waals surface area contributed by atoms with Crippen LogP contribution in [0.2, 0.25) is 0 Å². The second-order valence-corrected chi connectivity index (χ2v) is 7.99. The number of halogens is 1. The highest BCUT2D eigenvalue weighted by Gasteiger charge is 2.18. The Kier molecular flexibility index (Phi) is 5.31. The van der Waals surface area contributed by atoms with Crippen LogP contribution in [-0.4, -0.2) is 31.2 Å². The maximum atomic E-state index is 14.6. The Bertz CT molecular complexity index is 1360. The molecule has 0 bridgehead atoms. The van der Waals surface area contributed by atoms with E-state index in [9.17, 15) is 14.0 Å². The number of aromatic nitrogens is 5. The van der Waals surface area contributed by atoms with E-state index in [4.69, 9.17) is 4.74 Å². The second-order valence-electron chi connectivity index (χ2n) is 7.99. The molecule has 0 unspecified atom stereocenters. The first-order chi connectivity index (χ1) is 15.2. The molecule has 164 valence electrons. The minimum atomic E-state index is -0.697. The van der Waals surface area contributed by atoms with Crippen molar-refractivity contribution < 1.29 is 13.9 Å². The van der Waals surface area contributed by atoms with Crippen molar-refractivity contribution in [2.24, 2.45) is 0 Å². The molecule has 32 heavy (non-hydrogen) atoms. The molecule has 0 fully saturated rings. The quantitative estimate of drug-likeness (QED) is 0.382. The number of H-pyrrole nitrogens is 2. The summed E-state index contributed by atoms with van der Waals surface area (Å²) in [6.45, 7) is 5.99. The van der Waals surface area contributed by atoms with E-state index in [0.29, 0.717) is 11.3 Å². The molecular formula is C21H20FN7O3. The number of rotatable bonds is 4. The number of urea groups is 1. The van der Waals surface area contributed by atoms with Crippen molar-refractivity contribution in [3.8, 4) is 11.5 Å². The Morgan fingerprint density at radius 3 is 2.66 bits per heavy atom. The zero-order valence-corrected chi connectivity index (χ0v) is 17.5. The van der Waals surface area contributed by atoms with Gasteiger partial charge < -0.3 is 15.0 Å². The van der Waals surface area contributed by atoms with Crippen LogP contribution < -0.4 is 20.9 Å². The summed E-state index contributed by atoms with van der Waals surface area (Å²) in [6.07, 6.45) is 2.54. The molecule has 0 spiro atoms. The number of benzene rings is 1. The van der Waals surface area contributed by atoms with Gasteiger partial charge in [-0.25, -0.2) is 19.2 Å². The first-order valence-corrected chi connectivity index (χ1v) is 9.64. The highest BCUT2D eigenvalue weighted by atomic mass is 19.1. The van der Waals surface area contributed by atoms with Crippen LogP contribution in [-0.2, 0) is 5.41 Å². The molecule has 0 radical (unpaired) electrons. The van der Waals surface area contributed by atoms with Gasteiger partial charge in [0.25, 0.3) is 5.56 Å². The van der Waals surface area contributed by atoms with Crippen molar-refractivity contribution in [2.45, 2.75) is 26.2 Å². The van der Waals surface area contributed by atoms with E-state index in [1.807, 2.05) is 20.8 Å². The average Bonchev–Trinajstić information content (AvgIpc) is 3.19. The van der Waals surface area contributed by atoms with Crippen LogP contribution in [0.1, 0.15) is 26.5 Å². The van der Waals surface area contributed by atoms with E-state index >= 15 is 0 Å². The minimum Gasteiger partial charge on any atom is -0.455 e. The fourth-order valence-electron chi connectivity index (χ4n) is 2.84. The number of pyridine rings is 1. The van der Waals surface area contributed by atoms with Gasteiger partial charge in [0, 0.05) is 29.8 Å². The summed E-state index contributed by atoms with van der Waals surface area (Å²) in [5.74, 6) is 0.163. The summed E-state index contributed by atoms with van der Waals surface area (Å²) in [7, 11) is 0. The van der Waals surface area contributed by atoms with Gasteiger partial charge in [0.15, 0.2) is 11.4 Å². The lowest BCUT2D eigenvalue weighted by molar-refractivity contribution is 0.262. The zero-order chi connectivity index (χ0) is 22.9. The van der Waals surface area contributed by atoms with E-state index in [2.05, 4.69) is 35.8 Å². The van der Waals surface area contributed by atoms with Crippen LogP contribution in [0.25, 0.3) is 11.2 Å². The molecule has 4 N–H and O–H groups in total. The van der Waals surface area contributed by atoms with Crippen molar-refractivity contribution in [1.82, 2.24) is 25.1 Å². The molecule has 0 saturated carbocycles. The highest BCUT2D eigenvalue weighted by molar-refractivity contribution is 5.99. The van der Waals surface area contributed by atoms with E-state index in [1.54, 1.807) is 12.1 Å². The largest absolute Gasteiger partial charge is 0.455 e. The topological polar surface area (TPSA) is 138 Å². The third-order valence-electron chi connectivity index (χ3n) is 4.45. The molecule has 2 amide bonds. The lowest BCUT2D eigenvalue weighted by atomic mass is 9.92. The standard InChI is InChI=1S/C21H20FN7O3/c1-21(2,3)15-9-16(29-28-15)26-20(31)25-13-5-4-11(8-12(13)22)32-14-6-7-23-19-18(14)24-10-17(30)27-19/h4-10H,1-3H3,(H,23,27,30)(H3,25,26,28,29,31). The molecule has 0 atom stereocenters. The van der Waals surface area contributed by atoms with Crippen LogP contribution in [0.15, 0.2) is 47.5 Å². The first-order valence-electron chi connectivity index (χ1n) is 9.64. The predicted octanol–water partition coefficient (Wildman–Crippen LogP) is 3.91. The molecule has 11 heteroatoms. The van der Waals surface area contributed by atoms with Crippen molar-refractivity contribution in [3.63, 3.8) is 0 Å². The fraction of sp³-hybridized carbons (Fsp3) is 0.190. The summed E-state index contributed by atoms with van der Waals surface area (Å²) >= 11 is 0. The molecule has 10 nitrogen and oxygen atoms in total. The predicted molar refractivity (Wildman–Crippen MR) is 117 cm³/mol. The number of anilines is 2. The van der Waals surface area contributed by atoms with Crippen LogP contribution in [0, 0.1) is 5.82 Å². The highest BCUT2D eigenvalue weighted by Crippen LogP contribution is 2.29. The molecule has 0 saturated heterocycles. The Morgan fingerprint density at radius 1 is 1.12 bits per heavy atom. The van der Waals surface area contributed by atoms with E-state index in [0.717, 1.165) is 18.0 Å². The minimum absolute atomic E-state index is 0.0348. The van der Waals surface area contributed by atoms with E-state index in [-0.39, 0.29) is 28.2 Å². The summed E-state index contributed by atoms with van der Waals surface area (Å²) in [5.41, 5.74) is 0.740. The number of carbonyl (C=O) groups excluding carboxylic acids is 1. The van der Waals surface area contributed by atoms with Gasteiger partial charge in [0.1, 0.15) is 22.9 Å². The molecule has 4 aromatic rings. The summed E-state index contributed by atoms with van der Waals surface area (Å²) < 4.78 is 20.3. The number of hydrogen-bond acceptors (Lipinski definition) is 6. The fourth-order valence-corrected chi connectivity index (χ4v) is 2.84. The number of ether oxygens (including phenoxy) is 1. The molecule has 3 aromatic heterocycles. The smallest absolute Gasteiger partial charge is 0.324 e. The van der Waals surface area contributed by atoms with Gasteiger partial charge in [-0.15, -0.1) is 0 Å². The van der Waals surface area contributed by atoms with Crippen molar-refractivity contribution in [3.05, 3.63) is 64.6 Å². The van der Waals surface area contributed by atoms with Gasteiger partial charge in [0.05, 0.1) is 17.6 Å². The zero-order valence-electron chi connectivity index (χ0n) is 17.5. The Morgan fingerprint density at radius 2 is 1.94 bits per heavy atom. The number of aromatic amines is 2. The van der Waals surface area contributed by atoms with Crippen molar-refractivity contribution in [2.75, 3.05) is 10.6 Å². The van der Waals surface area contributed by atoms with Crippen molar-refractivity contribution >= 4 is 28.7 Å². The maximum Gasteiger partial charge on any atom is 0.324 e. The van der Waals surface area contributed by atoms with Gasteiger partial charge in [-0.2, -0.15) is 5.10 Å². The Labute approximate surface area is 181 Å². The lowest BCUT2D eigenvalue weighted by Gasteiger charge is -2.13. The maximum absolute atomic E-state index is 14.6. The SMILES string of the molecule is CC(C)(C)c1cc(NC(=O)Nc2ccc(Oc3ccnc4[nH]c(=O)cnc34)cc2F)[nH]n1. The third-order valence-corrected chi connectivity index (χ3v) is 4.45. The normalized spacial score (nSPS) is 11.4. The van der Waals surface area contributed by atoms with Crippen LogP contribution in [0.5, 0.6) is 11.5 Å². The summed E-state index contributed by atoms with van der Waals surface area (Å²) in [6, 6.07) is 6.62. The van der Waals surface area contributed by atoms with Gasteiger partial charge in [0.2, 0.25) is 0 Å². The summed E-state index contributed by atoms with van der Waals surface area (Å²) in [5, 5.41) is 11.9. The Hall–Kier alpha value is -4.28. The second kappa shape index (κ2) is 8.10. The van der Waals surface area contributed by atoms with Gasteiger partial charge in [-0.1, -0.05) is 20.8 Å². The van der Waals surface area contributed by atoms with Crippen LogP contribution in [0.3, 0.4) is 0 Å². The lowest BCUT2D eigenvalue weighted by Crippen LogP contribution is -2.20. The number of nitrogens with one attached hydrogen (secondary N) is 4. The average molecular weight is 437 g/mol. The number of hydrogen-bond donors (Lipinski definition) is 4.